The van der Waals surface area contributed by atoms with E-state index in [-0.39, 0.29) is 0 Å². The molecule has 0 amide bonds. The summed E-state index contributed by atoms with van der Waals surface area (Å²) in [5.41, 5.74) is 6.22. The van der Waals surface area contributed by atoms with Crippen molar-refractivity contribution in [3.63, 3.8) is 0 Å². The Morgan fingerprint density at radius 2 is 2.38 bits per heavy atom. The van der Waals surface area contributed by atoms with E-state index in [1.165, 1.54) is 0 Å². The predicted octanol–water partition coefficient (Wildman–Crippen LogP) is -0.144. The van der Waals surface area contributed by atoms with Crippen LogP contribution < -0.4 is 5.73 Å². The van der Waals surface area contributed by atoms with Crippen LogP contribution in [0.3, 0.4) is 0 Å². The van der Waals surface area contributed by atoms with Gasteiger partial charge in [-0.05, 0) is 6.42 Å². The molecule has 0 aliphatic rings. The number of H-pyrrole nitrogens is 1. The van der Waals surface area contributed by atoms with E-state index in [9.17, 15) is 0 Å². The average Bonchev–Trinajstić information content (AvgIpc) is 2.89. The van der Waals surface area contributed by atoms with Gasteiger partial charge in [0.25, 0.3) is 0 Å². The van der Waals surface area contributed by atoms with Gasteiger partial charge in [0.1, 0.15) is 12.4 Å². The van der Waals surface area contributed by atoms with Crippen LogP contribution in [-0.4, -0.2) is 30.2 Å². The molecule has 3 N–H and O–H groups in total. The molecule has 2 heterocycles. The molecule has 0 aliphatic heterocycles. The maximum absolute atomic E-state index is 5.45. The Morgan fingerprint density at radius 1 is 1.50 bits per heavy atom. The van der Waals surface area contributed by atoms with E-state index < -0.39 is 0 Å². The van der Waals surface area contributed by atoms with Crippen LogP contribution in [0.4, 0.5) is 0 Å². The highest BCUT2D eigenvalue weighted by Gasteiger charge is 2.04. The highest BCUT2D eigenvalue weighted by Crippen LogP contribution is 1.99. The molecule has 86 valence electrons. The summed E-state index contributed by atoms with van der Waals surface area (Å²) in [5, 5.41) is 14.8. The van der Waals surface area contributed by atoms with Crippen LogP contribution >= 0.6 is 0 Å². The SMILES string of the molecule is CCCc1n[nH]c(Cn2cc(CN)nn2)n1. The van der Waals surface area contributed by atoms with Gasteiger partial charge in [-0.1, -0.05) is 12.1 Å². The highest BCUT2D eigenvalue weighted by molar-refractivity contribution is 4.95. The van der Waals surface area contributed by atoms with Crippen molar-refractivity contribution < 1.29 is 0 Å². The lowest BCUT2D eigenvalue weighted by atomic mass is 10.3. The zero-order valence-corrected chi connectivity index (χ0v) is 9.22. The van der Waals surface area contributed by atoms with Gasteiger partial charge < -0.3 is 5.73 Å². The minimum atomic E-state index is 0.400. The first-order chi connectivity index (χ1) is 7.81. The fraction of sp³-hybridized carbons (Fsp3) is 0.556. The van der Waals surface area contributed by atoms with Crippen molar-refractivity contribution in [2.24, 2.45) is 5.73 Å². The fourth-order valence-corrected chi connectivity index (χ4v) is 1.40. The average molecular weight is 221 g/mol. The number of hydrogen-bond donors (Lipinski definition) is 2. The zero-order chi connectivity index (χ0) is 11.4. The van der Waals surface area contributed by atoms with Crippen molar-refractivity contribution in [1.29, 1.82) is 0 Å². The third-order valence-electron chi connectivity index (χ3n) is 2.16. The largest absolute Gasteiger partial charge is 0.325 e. The van der Waals surface area contributed by atoms with Crippen molar-refractivity contribution in [3.05, 3.63) is 23.5 Å². The van der Waals surface area contributed by atoms with Crippen LogP contribution in [0.1, 0.15) is 30.7 Å². The summed E-state index contributed by atoms with van der Waals surface area (Å²) in [6.45, 7) is 3.04. The lowest BCUT2D eigenvalue weighted by Gasteiger charge is -1.93. The molecule has 2 aromatic rings. The molecule has 7 nitrogen and oxygen atoms in total. The molecule has 2 aromatic heterocycles. The van der Waals surface area contributed by atoms with E-state index in [0.717, 1.165) is 30.2 Å². The van der Waals surface area contributed by atoms with E-state index in [1.807, 2.05) is 6.20 Å². The van der Waals surface area contributed by atoms with Gasteiger partial charge in [0.2, 0.25) is 0 Å². The van der Waals surface area contributed by atoms with Crippen LogP contribution in [0, 0.1) is 0 Å². The van der Waals surface area contributed by atoms with Gasteiger partial charge in [-0.2, -0.15) is 5.10 Å². The van der Waals surface area contributed by atoms with Crippen LogP contribution in [0.15, 0.2) is 6.20 Å². The zero-order valence-electron chi connectivity index (χ0n) is 9.22. The summed E-state index contributed by atoms with van der Waals surface area (Å²) >= 11 is 0. The van der Waals surface area contributed by atoms with Crippen LogP contribution in [0.25, 0.3) is 0 Å². The van der Waals surface area contributed by atoms with Gasteiger partial charge >= 0.3 is 0 Å². The number of nitrogens with two attached hydrogens (primary N) is 1. The Kier molecular flexibility index (Phi) is 3.25. The van der Waals surface area contributed by atoms with Crippen molar-refractivity contribution in [2.75, 3.05) is 0 Å². The van der Waals surface area contributed by atoms with Gasteiger partial charge in [-0.15, -0.1) is 5.10 Å². The second-order valence-electron chi connectivity index (χ2n) is 3.56. The van der Waals surface area contributed by atoms with E-state index in [2.05, 4.69) is 32.4 Å². The summed E-state index contributed by atoms with van der Waals surface area (Å²) in [5.74, 6) is 1.63. The molecule has 0 fully saturated rings. The molecule has 0 aliphatic carbocycles. The third kappa shape index (κ3) is 2.43. The molecule has 0 saturated heterocycles. The number of aryl methyl sites for hydroxylation is 1. The minimum Gasteiger partial charge on any atom is -0.325 e. The lowest BCUT2D eigenvalue weighted by Crippen LogP contribution is -2.02. The fourth-order valence-electron chi connectivity index (χ4n) is 1.40. The summed E-state index contributed by atoms with van der Waals surface area (Å²) in [6.07, 6.45) is 3.74. The van der Waals surface area contributed by atoms with Crippen molar-refractivity contribution in [2.45, 2.75) is 32.9 Å². The Labute approximate surface area is 93.1 Å². The van der Waals surface area contributed by atoms with E-state index in [1.54, 1.807) is 4.68 Å². The molecular formula is C9H15N7. The Balaban J connectivity index is 2.02. The van der Waals surface area contributed by atoms with Gasteiger partial charge in [0.15, 0.2) is 5.82 Å². The first kappa shape index (κ1) is 10.7. The van der Waals surface area contributed by atoms with Crippen LogP contribution in [-0.2, 0) is 19.5 Å². The quantitative estimate of drug-likeness (QED) is 0.732. The summed E-state index contributed by atoms with van der Waals surface area (Å²) in [6, 6.07) is 0. The molecule has 0 aromatic carbocycles. The minimum absolute atomic E-state index is 0.400. The molecule has 0 atom stereocenters. The molecule has 0 spiro atoms. The number of aromatic nitrogens is 6. The maximum Gasteiger partial charge on any atom is 0.150 e. The normalized spacial score (nSPS) is 10.9. The van der Waals surface area contributed by atoms with Crippen LogP contribution in [0.5, 0.6) is 0 Å². The van der Waals surface area contributed by atoms with Gasteiger partial charge in [-0.25, -0.2) is 9.67 Å². The summed E-state index contributed by atoms with van der Waals surface area (Å²) < 4.78 is 1.69. The number of nitrogens with zero attached hydrogens (tertiary/aromatic N) is 5. The first-order valence-corrected chi connectivity index (χ1v) is 5.31. The van der Waals surface area contributed by atoms with E-state index >= 15 is 0 Å². The number of nitrogens with one attached hydrogen (secondary N) is 1. The second kappa shape index (κ2) is 4.84. The van der Waals surface area contributed by atoms with Crippen molar-refractivity contribution >= 4 is 0 Å². The predicted molar refractivity (Wildman–Crippen MR) is 57.4 cm³/mol. The van der Waals surface area contributed by atoms with E-state index in [4.69, 9.17) is 5.73 Å². The monoisotopic (exact) mass is 221 g/mol. The third-order valence-corrected chi connectivity index (χ3v) is 2.16. The van der Waals surface area contributed by atoms with Crippen molar-refractivity contribution in [3.8, 4) is 0 Å². The second-order valence-corrected chi connectivity index (χ2v) is 3.56. The summed E-state index contributed by atoms with van der Waals surface area (Å²) in [7, 11) is 0. The standard InChI is InChI=1S/C9H15N7/c1-2-3-8-11-9(14-13-8)6-16-5-7(4-10)12-15-16/h5H,2-4,6,10H2,1H3,(H,11,13,14). The van der Waals surface area contributed by atoms with Gasteiger partial charge in [0, 0.05) is 13.0 Å². The molecule has 0 saturated carbocycles. The first-order valence-electron chi connectivity index (χ1n) is 5.31. The molecular weight excluding hydrogens is 206 g/mol. The molecule has 0 unspecified atom stereocenters. The summed E-state index contributed by atoms with van der Waals surface area (Å²) in [4.78, 5) is 4.34. The molecule has 0 radical (unpaired) electrons. The maximum atomic E-state index is 5.45. The Hall–Kier alpha value is -1.76. The van der Waals surface area contributed by atoms with Crippen LogP contribution in [0.2, 0.25) is 0 Å². The molecule has 0 bridgehead atoms. The van der Waals surface area contributed by atoms with E-state index in [0.29, 0.717) is 13.1 Å². The molecule has 2 rings (SSSR count). The smallest absolute Gasteiger partial charge is 0.150 e. The number of aromatic amines is 1. The number of rotatable bonds is 5. The Bertz CT molecular complexity index is 444. The highest BCUT2D eigenvalue weighted by atomic mass is 15.4. The number of hydrogen-bond acceptors (Lipinski definition) is 5. The van der Waals surface area contributed by atoms with Crippen molar-refractivity contribution in [1.82, 2.24) is 30.2 Å². The molecule has 7 heteroatoms. The Morgan fingerprint density at radius 3 is 3.06 bits per heavy atom. The van der Waals surface area contributed by atoms with Gasteiger partial charge in [-0.3, -0.25) is 5.10 Å². The topological polar surface area (TPSA) is 98.3 Å². The van der Waals surface area contributed by atoms with Gasteiger partial charge in [0.05, 0.1) is 11.9 Å². The lowest BCUT2D eigenvalue weighted by molar-refractivity contribution is 0.626. The molecule has 16 heavy (non-hydrogen) atoms.